The maximum Gasteiger partial charge on any atom is 0.315 e. The lowest BCUT2D eigenvalue weighted by atomic mass is 10.4. The van der Waals surface area contributed by atoms with E-state index in [2.05, 4.69) is 13.2 Å². The van der Waals surface area contributed by atoms with Gasteiger partial charge in [0, 0.05) is 13.1 Å². The van der Waals surface area contributed by atoms with Crippen LogP contribution in [0.25, 0.3) is 0 Å². The highest BCUT2D eigenvalue weighted by molar-refractivity contribution is 5.79. The summed E-state index contributed by atoms with van der Waals surface area (Å²) in [6.07, 6.45) is -0.169. The van der Waals surface area contributed by atoms with Gasteiger partial charge in [-0.3, -0.25) is 4.79 Å². The highest BCUT2D eigenvalue weighted by atomic mass is 19.3. The van der Waals surface area contributed by atoms with Crippen LogP contribution in [0.5, 0.6) is 0 Å². The van der Waals surface area contributed by atoms with E-state index in [4.69, 9.17) is 0 Å². The summed E-state index contributed by atoms with van der Waals surface area (Å²) in [5, 5.41) is 0. The number of alkyl halides is 2. The number of hydrogen-bond acceptors (Lipinski definition) is 1. The third-order valence-electron chi connectivity index (χ3n) is 1.20. The molecule has 0 aromatic heterocycles. The fourth-order valence-corrected chi connectivity index (χ4v) is 0.704. The molecule has 0 aromatic rings. The fraction of sp³-hybridized carbons (Fsp3) is 0.375. The summed E-state index contributed by atoms with van der Waals surface area (Å²) in [6, 6.07) is 0. The Balaban J connectivity index is 4.17. The topological polar surface area (TPSA) is 20.3 Å². The molecule has 0 radical (unpaired) electrons. The van der Waals surface area contributed by atoms with Gasteiger partial charge in [0.15, 0.2) is 0 Å². The summed E-state index contributed by atoms with van der Waals surface area (Å²) in [5.74, 6) is -1.19. The Morgan fingerprint density at radius 3 is 2.00 bits per heavy atom. The van der Waals surface area contributed by atoms with Crippen LogP contribution in [0, 0.1) is 0 Å². The van der Waals surface area contributed by atoms with Gasteiger partial charge >= 0.3 is 6.43 Å². The molecule has 0 atom stereocenters. The Kier molecular flexibility index (Phi) is 4.92. The van der Waals surface area contributed by atoms with Crippen molar-refractivity contribution in [2.45, 2.75) is 6.43 Å². The van der Waals surface area contributed by atoms with Crippen LogP contribution in [0.2, 0.25) is 0 Å². The highest BCUT2D eigenvalue weighted by Crippen LogP contribution is 2.00. The second-order valence-electron chi connectivity index (χ2n) is 2.12. The molecule has 0 bridgehead atoms. The van der Waals surface area contributed by atoms with Crippen molar-refractivity contribution < 1.29 is 13.6 Å². The van der Waals surface area contributed by atoms with Gasteiger partial charge in [-0.15, -0.1) is 13.2 Å². The van der Waals surface area contributed by atoms with Crippen LogP contribution in [0.3, 0.4) is 0 Å². The van der Waals surface area contributed by atoms with Crippen molar-refractivity contribution in [3.05, 3.63) is 25.3 Å². The first-order chi connectivity index (χ1) is 5.63. The first kappa shape index (κ1) is 10.8. The highest BCUT2D eigenvalue weighted by Gasteiger charge is 2.20. The lowest BCUT2D eigenvalue weighted by Crippen LogP contribution is -2.35. The zero-order valence-corrected chi connectivity index (χ0v) is 6.67. The molecule has 0 unspecified atom stereocenters. The Morgan fingerprint density at radius 1 is 1.33 bits per heavy atom. The maximum absolute atomic E-state index is 11.9. The molecule has 0 spiro atoms. The van der Waals surface area contributed by atoms with Crippen molar-refractivity contribution in [3.63, 3.8) is 0 Å². The van der Waals surface area contributed by atoms with Crippen molar-refractivity contribution in [1.82, 2.24) is 4.90 Å². The summed E-state index contributed by atoms with van der Waals surface area (Å²) in [7, 11) is 0. The fourth-order valence-electron chi connectivity index (χ4n) is 0.704. The van der Waals surface area contributed by atoms with Gasteiger partial charge in [-0.25, -0.2) is 0 Å². The Labute approximate surface area is 70.2 Å². The van der Waals surface area contributed by atoms with Crippen molar-refractivity contribution in [1.29, 1.82) is 0 Å². The minimum Gasteiger partial charge on any atom is -0.330 e. The van der Waals surface area contributed by atoms with Gasteiger partial charge in [0.2, 0.25) is 0 Å². The molecule has 0 aromatic carbocycles. The van der Waals surface area contributed by atoms with E-state index in [-0.39, 0.29) is 13.1 Å². The number of carbonyl (C=O) groups excluding carboxylic acids is 1. The number of hydrogen-bond donors (Lipinski definition) is 0. The molecule has 4 heteroatoms. The van der Waals surface area contributed by atoms with E-state index >= 15 is 0 Å². The second-order valence-corrected chi connectivity index (χ2v) is 2.12. The Morgan fingerprint density at radius 2 is 1.75 bits per heavy atom. The largest absolute Gasteiger partial charge is 0.330 e. The summed E-state index contributed by atoms with van der Waals surface area (Å²) in [5.41, 5.74) is 0. The van der Waals surface area contributed by atoms with Gasteiger partial charge in [-0.1, -0.05) is 12.2 Å². The number of rotatable bonds is 5. The standard InChI is InChI=1S/C8H11F2NO/c1-3-5-11(6-4-2)8(12)7(9)10/h3-4,7H,1-2,5-6H2. The Hall–Kier alpha value is -1.19. The zero-order valence-electron chi connectivity index (χ0n) is 6.67. The minimum atomic E-state index is -2.95. The summed E-state index contributed by atoms with van der Waals surface area (Å²) >= 11 is 0. The average Bonchev–Trinajstić information content (AvgIpc) is 2.03. The van der Waals surface area contributed by atoms with Crippen LogP contribution in [-0.4, -0.2) is 30.3 Å². The molecule has 1 amide bonds. The van der Waals surface area contributed by atoms with E-state index < -0.39 is 12.3 Å². The number of halogens is 2. The third-order valence-corrected chi connectivity index (χ3v) is 1.20. The molecule has 12 heavy (non-hydrogen) atoms. The second kappa shape index (κ2) is 5.46. The van der Waals surface area contributed by atoms with Crippen LogP contribution >= 0.6 is 0 Å². The molecule has 0 aliphatic rings. The molecule has 0 fully saturated rings. The predicted octanol–water partition coefficient (Wildman–Crippen LogP) is 1.45. The van der Waals surface area contributed by atoms with Crippen LogP contribution in [-0.2, 0) is 4.79 Å². The predicted molar refractivity (Wildman–Crippen MR) is 43.0 cm³/mol. The summed E-state index contributed by atoms with van der Waals surface area (Å²) < 4.78 is 23.7. The Bertz CT molecular complexity index is 170. The lowest BCUT2D eigenvalue weighted by molar-refractivity contribution is -0.141. The molecule has 0 rings (SSSR count). The van der Waals surface area contributed by atoms with E-state index in [0.29, 0.717) is 0 Å². The molecular formula is C8H11F2NO. The van der Waals surface area contributed by atoms with E-state index in [1.54, 1.807) is 0 Å². The maximum atomic E-state index is 11.9. The van der Waals surface area contributed by atoms with Crippen molar-refractivity contribution in [2.24, 2.45) is 0 Å². The molecule has 0 aliphatic carbocycles. The van der Waals surface area contributed by atoms with Gasteiger partial charge < -0.3 is 4.90 Å². The normalized spacial score (nSPS) is 9.58. The first-order valence-corrected chi connectivity index (χ1v) is 3.42. The van der Waals surface area contributed by atoms with Gasteiger partial charge in [0.1, 0.15) is 0 Å². The van der Waals surface area contributed by atoms with Gasteiger partial charge in [0.05, 0.1) is 0 Å². The van der Waals surface area contributed by atoms with E-state index in [0.717, 1.165) is 4.90 Å². The number of nitrogens with zero attached hydrogens (tertiary/aromatic N) is 1. The molecule has 68 valence electrons. The van der Waals surface area contributed by atoms with Gasteiger partial charge in [-0.2, -0.15) is 8.78 Å². The zero-order chi connectivity index (χ0) is 9.56. The monoisotopic (exact) mass is 175 g/mol. The molecule has 0 saturated heterocycles. The minimum absolute atomic E-state index is 0.120. The van der Waals surface area contributed by atoms with E-state index in [9.17, 15) is 13.6 Å². The van der Waals surface area contributed by atoms with Crippen molar-refractivity contribution in [3.8, 4) is 0 Å². The number of carbonyl (C=O) groups is 1. The average molecular weight is 175 g/mol. The van der Waals surface area contributed by atoms with Crippen LogP contribution in [0.4, 0.5) is 8.78 Å². The number of amides is 1. The van der Waals surface area contributed by atoms with Crippen LogP contribution in [0.15, 0.2) is 25.3 Å². The molecule has 0 aliphatic heterocycles. The molecule has 0 N–H and O–H groups in total. The SMILES string of the molecule is C=CCN(CC=C)C(=O)C(F)F. The quantitative estimate of drug-likeness (QED) is 0.579. The van der Waals surface area contributed by atoms with Crippen LogP contribution < -0.4 is 0 Å². The van der Waals surface area contributed by atoms with E-state index in [1.807, 2.05) is 0 Å². The lowest BCUT2D eigenvalue weighted by Gasteiger charge is -2.18. The molecular weight excluding hydrogens is 164 g/mol. The summed E-state index contributed by atoms with van der Waals surface area (Å²) in [6.45, 7) is 6.94. The first-order valence-electron chi connectivity index (χ1n) is 3.42. The smallest absolute Gasteiger partial charge is 0.315 e. The molecule has 0 heterocycles. The van der Waals surface area contributed by atoms with E-state index in [1.165, 1.54) is 12.2 Å². The van der Waals surface area contributed by atoms with Crippen molar-refractivity contribution in [2.75, 3.05) is 13.1 Å². The van der Waals surface area contributed by atoms with Crippen LogP contribution in [0.1, 0.15) is 0 Å². The van der Waals surface area contributed by atoms with Gasteiger partial charge in [0.25, 0.3) is 5.91 Å². The third kappa shape index (κ3) is 3.27. The molecule has 0 saturated carbocycles. The summed E-state index contributed by atoms with van der Waals surface area (Å²) in [4.78, 5) is 11.7. The van der Waals surface area contributed by atoms with Crippen molar-refractivity contribution >= 4 is 5.91 Å². The van der Waals surface area contributed by atoms with Gasteiger partial charge in [-0.05, 0) is 0 Å². The molecule has 2 nitrogen and oxygen atoms in total.